The first-order chi connectivity index (χ1) is 13.1. The summed E-state index contributed by atoms with van der Waals surface area (Å²) in [4.78, 5) is 17.0. The molecule has 1 fully saturated rings. The summed E-state index contributed by atoms with van der Waals surface area (Å²) in [7, 11) is 1.79. The van der Waals surface area contributed by atoms with E-state index in [1.807, 2.05) is 0 Å². The van der Waals surface area contributed by atoms with Gasteiger partial charge in [-0.15, -0.1) is 0 Å². The Morgan fingerprint density at radius 3 is 2.93 bits per heavy atom. The number of nitrogens with one attached hydrogen (secondary N) is 2. The highest BCUT2D eigenvalue weighted by atomic mass is 35.5. The number of benzene rings is 1. The van der Waals surface area contributed by atoms with Gasteiger partial charge in [0.2, 0.25) is 11.9 Å². The van der Waals surface area contributed by atoms with Gasteiger partial charge < -0.3 is 14.8 Å². The van der Waals surface area contributed by atoms with Crippen molar-refractivity contribution in [1.29, 1.82) is 0 Å². The Bertz CT molecular complexity index is 848. The Morgan fingerprint density at radius 2 is 2.11 bits per heavy atom. The van der Waals surface area contributed by atoms with Crippen molar-refractivity contribution in [3.05, 3.63) is 28.5 Å². The highest BCUT2D eigenvalue weighted by molar-refractivity contribution is 6.32. The van der Waals surface area contributed by atoms with E-state index in [1.165, 1.54) is 0 Å². The minimum Gasteiger partial charge on any atom is -0.486 e. The van der Waals surface area contributed by atoms with Crippen LogP contribution < -0.4 is 20.1 Å². The summed E-state index contributed by atoms with van der Waals surface area (Å²) < 4.78 is 12.7. The van der Waals surface area contributed by atoms with Crippen LogP contribution in [0.5, 0.6) is 11.5 Å². The fourth-order valence-electron chi connectivity index (χ4n) is 3.39. The highest BCUT2D eigenvalue weighted by Gasteiger charge is 2.22. The van der Waals surface area contributed by atoms with Gasteiger partial charge in [-0.1, -0.05) is 11.6 Å². The molecule has 0 spiro atoms. The van der Waals surface area contributed by atoms with Crippen molar-refractivity contribution >= 4 is 23.5 Å². The number of hydrogen-bond donors (Lipinski definition) is 2. The van der Waals surface area contributed by atoms with Crippen molar-refractivity contribution in [2.75, 3.05) is 31.6 Å². The molecule has 1 aromatic heterocycles. The third-order valence-corrected chi connectivity index (χ3v) is 5.04. The van der Waals surface area contributed by atoms with Gasteiger partial charge >= 0.3 is 0 Å². The van der Waals surface area contributed by atoms with Gasteiger partial charge in [0, 0.05) is 13.0 Å². The Balaban J connectivity index is 1.44. The quantitative estimate of drug-likeness (QED) is 0.827. The van der Waals surface area contributed by atoms with Crippen LogP contribution in [0.2, 0.25) is 5.02 Å². The van der Waals surface area contributed by atoms with Crippen LogP contribution in [0.25, 0.3) is 0 Å². The van der Waals surface area contributed by atoms with Crippen LogP contribution >= 0.6 is 11.6 Å². The van der Waals surface area contributed by atoms with Crippen molar-refractivity contribution in [3.63, 3.8) is 0 Å². The summed E-state index contributed by atoms with van der Waals surface area (Å²) in [5.74, 6) is 2.50. The second kappa shape index (κ2) is 7.74. The van der Waals surface area contributed by atoms with E-state index < -0.39 is 0 Å². The second-order valence-electron chi connectivity index (χ2n) is 6.77. The molecule has 1 amide bonds. The van der Waals surface area contributed by atoms with E-state index in [9.17, 15) is 4.79 Å². The number of ether oxygens (including phenoxy) is 2. The zero-order chi connectivity index (χ0) is 18.8. The molecule has 2 aliphatic heterocycles. The molecule has 8 nitrogen and oxygen atoms in total. The van der Waals surface area contributed by atoms with Crippen LogP contribution in [-0.4, -0.2) is 47.0 Å². The van der Waals surface area contributed by atoms with Gasteiger partial charge in [0.25, 0.3) is 0 Å². The second-order valence-corrected chi connectivity index (χ2v) is 7.18. The highest BCUT2D eigenvalue weighted by Crippen LogP contribution is 2.38. The van der Waals surface area contributed by atoms with Crippen LogP contribution in [0.1, 0.15) is 30.1 Å². The number of piperidine rings is 1. The van der Waals surface area contributed by atoms with Crippen molar-refractivity contribution in [1.82, 2.24) is 20.1 Å². The van der Waals surface area contributed by atoms with Gasteiger partial charge in [-0.25, -0.2) is 4.68 Å². The molecule has 2 aliphatic rings. The Labute approximate surface area is 162 Å². The molecule has 0 unspecified atom stereocenters. The summed E-state index contributed by atoms with van der Waals surface area (Å²) >= 11 is 6.24. The molecule has 4 rings (SSSR count). The largest absolute Gasteiger partial charge is 0.486 e. The molecular formula is C18H22ClN5O3. The topological polar surface area (TPSA) is 90.3 Å². The number of aryl methyl sites for hydroxylation is 1. The monoisotopic (exact) mass is 391 g/mol. The number of rotatable bonds is 4. The summed E-state index contributed by atoms with van der Waals surface area (Å²) in [6.45, 7) is 2.88. The fraction of sp³-hybridized carbons (Fsp3) is 0.500. The van der Waals surface area contributed by atoms with E-state index in [2.05, 4.69) is 20.7 Å². The molecule has 1 aromatic carbocycles. The van der Waals surface area contributed by atoms with E-state index in [0.717, 1.165) is 37.3 Å². The molecule has 27 heavy (non-hydrogen) atoms. The number of carbonyl (C=O) groups excluding carboxylic acids is 1. The number of amides is 1. The number of halogens is 1. The van der Waals surface area contributed by atoms with Crippen molar-refractivity contribution < 1.29 is 14.3 Å². The fourth-order valence-corrected chi connectivity index (χ4v) is 3.67. The van der Waals surface area contributed by atoms with Crippen LogP contribution in [-0.2, 0) is 18.3 Å². The maximum absolute atomic E-state index is 12.5. The third-order valence-electron chi connectivity index (χ3n) is 4.76. The molecule has 2 aromatic rings. The molecule has 1 saturated heterocycles. The first-order valence-electron chi connectivity index (χ1n) is 9.09. The lowest BCUT2D eigenvalue weighted by Gasteiger charge is -2.20. The molecule has 0 radical (unpaired) electrons. The Morgan fingerprint density at radius 1 is 1.33 bits per heavy atom. The maximum Gasteiger partial charge on any atom is 0.231 e. The summed E-state index contributed by atoms with van der Waals surface area (Å²) in [6, 6.07) is 3.52. The molecule has 9 heteroatoms. The number of fused-ring (bicyclic) bond motifs is 1. The molecule has 0 aliphatic carbocycles. The van der Waals surface area contributed by atoms with Crippen LogP contribution in [0.15, 0.2) is 12.1 Å². The lowest BCUT2D eigenvalue weighted by molar-refractivity contribution is -0.115. The molecule has 2 N–H and O–H groups in total. The molecule has 3 heterocycles. The van der Waals surface area contributed by atoms with E-state index in [4.69, 9.17) is 21.1 Å². The van der Waals surface area contributed by atoms with E-state index in [-0.39, 0.29) is 12.3 Å². The SMILES string of the molecule is Cn1nc(C2CCNCC2)nc1NC(=O)Cc1cc(Cl)c2c(c1)OCCO2. The van der Waals surface area contributed by atoms with E-state index in [0.29, 0.717) is 41.6 Å². The van der Waals surface area contributed by atoms with Crippen molar-refractivity contribution in [2.45, 2.75) is 25.2 Å². The summed E-state index contributed by atoms with van der Waals surface area (Å²) in [5, 5.41) is 11.1. The lowest BCUT2D eigenvalue weighted by atomic mass is 9.98. The van der Waals surface area contributed by atoms with Gasteiger partial charge in [0.15, 0.2) is 17.3 Å². The van der Waals surface area contributed by atoms with Crippen LogP contribution in [0.4, 0.5) is 5.95 Å². The standard InChI is InChI=1S/C18H22ClN5O3/c1-24-18(22-17(23-24)12-2-4-20-5-3-12)21-15(25)10-11-8-13(19)16-14(9-11)26-6-7-27-16/h8-9,12,20H,2-7,10H2,1H3,(H,21,22,23,25). The van der Waals surface area contributed by atoms with Crippen LogP contribution in [0, 0.1) is 0 Å². The minimum atomic E-state index is -0.185. The number of hydrogen-bond acceptors (Lipinski definition) is 6. The summed E-state index contributed by atoms with van der Waals surface area (Å²) in [5.41, 5.74) is 0.752. The molecule has 0 bridgehead atoms. The number of anilines is 1. The Kier molecular flexibility index (Phi) is 5.18. The normalized spacial score (nSPS) is 17.0. The average Bonchev–Trinajstić information content (AvgIpc) is 3.03. The molecule has 0 saturated carbocycles. The first kappa shape index (κ1) is 18.1. The van der Waals surface area contributed by atoms with Crippen LogP contribution in [0.3, 0.4) is 0 Å². The third kappa shape index (κ3) is 4.01. The first-order valence-corrected chi connectivity index (χ1v) is 9.47. The van der Waals surface area contributed by atoms with Crippen molar-refractivity contribution in [2.24, 2.45) is 7.05 Å². The van der Waals surface area contributed by atoms with Gasteiger partial charge in [-0.3, -0.25) is 10.1 Å². The zero-order valence-electron chi connectivity index (χ0n) is 15.1. The molecule has 144 valence electrons. The van der Waals surface area contributed by atoms with Gasteiger partial charge in [0.05, 0.1) is 11.4 Å². The molecule has 0 atom stereocenters. The Hall–Kier alpha value is -2.32. The van der Waals surface area contributed by atoms with Gasteiger partial charge in [-0.05, 0) is 43.6 Å². The van der Waals surface area contributed by atoms with Crippen molar-refractivity contribution in [3.8, 4) is 11.5 Å². The van der Waals surface area contributed by atoms with E-state index >= 15 is 0 Å². The number of nitrogens with zero attached hydrogens (tertiary/aromatic N) is 3. The number of aromatic nitrogens is 3. The van der Waals surface area contributed by atoms with Gasteiger partial charge in [0.1, 0.15) is 13.2 Å². The maximum atomic E-state index is 12.5. The molecular weight excluding hydrogens is 370 g/mol. The number of carbonyl (C=O) groups is 1. The predicted octanol–water partition coefficient (Wildman–Crippen LogP) is 1.89. The summed E-state index contributed by atoms with van der Waals surface area (Å²) in [6.07, 6.45) is 2.17. The van der Waals surface area contributed by atoms with E-state index in [1.54, 1.807) is 23.9 Å². The zero-order valence-corrected chi connectivity index (χ0v) is 15.9. The predicted molar refractivity (Wildman–Crippen MR) is 101 cm³/mol. The average molecular weight is 392 g/mol. The smallest absolute Gasteiger partial charge is 0.231 e. The lowest BCUT2D eigenvalue weighted by Crippen LogP contribution is -2.27. The van der Waals surface area contributed by atoms with Gasteiger partial charge in [-0.2, -0.15) is 10.1 Å². The minimum absolute atomic E-state index is 0.159.